The summed E-state index contributed by atoms with van der Waals surface area (Å²) < 4.78 is 58.7. The van der Waals surface area contributed by atoms with Gasteiger partial charge in [-0.2, -0.15) is 0 Å². The molecule has 0 fully saturated rings. The summed E-state index contributed by atoms with van der Waals surface area (Å²) in [6.45, 7) is 0. The normalized spacial score (nSPS) is 11.4. The highest BCUT2D eigenvalue weighted by molar-refractivity contribution is 7.92. The molecule has 0 aliphatic heterocycles. The first kappa shape index (κ1) is 24.1. The molecular formula is C26H20FN3O6S. The molecule has 9 nitrogen and oxygen atoms in total. The number of hydrogen-bond acceptors (Lipinski definition) is 7. The molecule has 0 atom stereocenters. The highest BCUT2D eigenvalue weighted by Crippen LogP contribution is 2.33. The molecular weight excluding hydrogens is 501 g/mol. The number of rotatable bonds is 7. The fourth-order valence-electron chi connectivity index (χ4n) is 3.99. The first-order chi connectivity index (χ1) is 17.8. The van der Waals surface area contributed by atoms with Gasteiger partial charge in [0.2, 0.25) is 0 Å². The molecule has 5 rings (SSSR count). The summed E-state index contributed by atoms with van der Waals surface area (Å²) in [4.78, 5) is 13.1. The fraction of sp³-hybridized carbons (Fsp3) is 0.0769. The summed E-state index contributed by atoms with van der Waals surface area (Å²) in [7, 11) is -1.09. The molecule has 188 valence electrons. The maximum atomic E-state index is 14.0. The van der Waals surface area contributed by atoms with E-state index in [2.05, 4.69) is 14.4 Å². The average Bonchev–Trinajstić information content (AvgIpc) is 3.40. The van der Waals surface area contributed by atoms with Crippen LogP contribution in [0.2, 0.25) is 0 Å². The zero-order valence-corrected chi connectivity index (χ0v) is 20.5. The Kier molecular flexibility index (Phi) is 6.14. The maximum Gasteiger partial charge on any atom is 0.263 e. The van der Waals surface area contributed by atoms with E-state index in [-0.39, 0.29) is 22.0 Å². The maximum absolute atomic E-state index is 14.0. The van der Waals surface area contributed by atoms with E-state index in [0.29, 0.717) is 33.5 Å². The van der Waals surface area contributed by atoms with Crippen LogP contribution in [0.25, 0.3) is 27.7 Å². The molecule has 2 heterocycles. The van der Waals surface area contributed by atoms with Gasteiger partial charge >= 0.3 is 0 Å². The van der Waals surface area contributed by atoms with Crippen molar-refractivity contribution in [3.05, 3.63) is 95.2 Å². The Morgan fingerprint density at radius 3 is 2.38 bits per heavy atom. The second-order valence-corrected chi connectivity index (χ2v) is 9.64. The average molecular weight is 522 g/mol. The van der Waals surface area contributed by atoms with Crippen LogP contribution in [-0.2, 0) is 10.0 Å². The lowest BCUT2D eigenvalue weighted by molar-refractivity contribution is 0.387. The Labute approximate surface area is 210 Å². The van der Waals surface area contributed by atoms with Crippen molar-refractivity contribution in [2.45, 2.75) is 4.90 Å². The van der Waals surface area contributed by atoms with Gasteiger partial charge in [0, 0.05) is 17.5 Å². The van der Waals surface area contributed by atoms with Gasteiger partial charge in [-0.15, -0.1) is 0 Å². The summed E-state index contributed by atoms with van der Waals surface area (Å²) in [6, 6.07) is 18.4. The van der Waals surface area contributed by atoms with Gasteiger partial charge in [0.1, 0.15) is 12.0 Å². The number of hydrogen-bond donors (Lipinski definition) is 1. The van der Waals surface area contributed by atoms with Crippen molar-refractivity contribution < 1.29 is 26.8 Å². The lowest BCUT2D eigenvalue weighted by Gasteiger charge is -2.16. The first-order valence-electron chi connectivity index (χ1n) is 10.9. The van der Waals surface area contributed by atoms with Gasteiger partial charge in [-0.1, -0.05) is 17.3 Å². The van der Waals surface area contributed by atoms with Crippen molar-refractivity contribution in [3.63, 3.8) is 0 Å². The van der Waals surface area contributed by atoms with Crippen molar-refractivity contribution >= 4 is 26.7 Å². The Morgan fingerprint density at radius 1 is 0.892 bits per heavy atom. The molecule has 1 N–H and O–H groups in total. The summed E-state index contributed by atoms with van der Waals surface area (Å²) in [5, 5.41) is 4.07. The van der Waals surface area contributed by atoms with Gasteiger partial charge < -0.3 is 14.0 Å². The standard InChI is InChI=1S/C26H20FN3O6S/c1-34-23-9-4-16(17-3-7-20(27)24(15-17)35-2)14-22(23)30-21-8-6-19(13-18(21)5-10-26(30)31)37(32,33)29-25-11-12-36-28-25/h3-15H,1-2H3,(H,28,29). The molecule has 0 bridgehead atoms. The van der Waals surface area contributed by atoms with Gasteiger partial charge in [0.05, 0.1) is 30.3 Å². The number of fused-ring (bicyclic) bond motifs is 1. The van der Waals surface area contributed by atoms with Gasteiger partial charge in [-0.25, -0.2) is 12.8 Å². The molecule has 0 aliphatic carbocycles. The SMILES string of the molecule is COc1cc(-c2ccc(OC)c(-n3c(=O)ccc4cc(S(=O)(=O)Nc5ccon5)ccc43)c2)ccc1F. The predicted octanol–water partition coefficient (Wildman–Crippen LogP) is 4.60. The molecule has 0 saturated carbocycles. The van der Waals surface area contributed by atoms with Crippen LogP contribution in [0.5, 0.6) is 11.5 Å². The number of nitrogens with one attached hydrogen (secondary N) is 1. The Hall–Kier alpha value is -4.64. The largest absolute Gasteiger partial charge is 0.495 e. The lowest BCUT2D eigenvalue weighted by atomic mass is 10.0. The molecule has 0 unspecified atom stereocenters. The number of halogens is 1. The Balaban J connectivity index is 1.65. The molecule has 3 aromatic carbocycles. The molecule has 5 aromatic rings. The molecule has 0 saturated heterocycles. The van der Waals surface area contributed by atoms with E-state index >= 15 is 0 Å². The van der Waals surface area contributed by atoms with E-state index in [1.807, 2.05) is 0 Å². The molecule has 37 heavy (non-hydrogen) atoms. The number of ether oxygens (including phenoxy) is 2. The minimum atomic E-state index is -3.96. The van der Waals surface area contributed by atoms with Crippen molar-refractivity contribution in [2.24, 2.45) is 0 Å². The van der Waals surface area contributed by atoms with E-state index in [1.165, 1.54) is 55.4 Å². The van der Waals surface area contributed by atoms with Crippen molar-refractivity contribution in [1.82, 2.24) is 9.72 Å². The zero-order chi connectivity index (χ0) is 26.2. The van der Waals surface area contributed by atoms with Gasteiger partial charge in [-0.05, 0) is 59.7 Å². The number of aromatic nitrogens is 2. The van der Waals surface area contributed by atoms with Crippen LogP contribution in [0.4, 0.5) is 10.2 Å². The fourth-order valence-corrected chi connectivity index (χ4v) is 5.01. The van der Waals surface area contributed by atoms with Crippen LogP contribution in [0.15, 0.2) is 93.3 Å². The molecule has 2 aromatic heterocycles. The lowest BCUT2D eigenvalue weighted by Crippen LogP contribution is -2.19. The highest BCUT2D eigenvalue weighted by Gasteiger charge is 2.19. The van der Waals surface area contributed by atoms with Crippen LogP contribution in [-0.4, -0.2) is 32.4 Å². The van der Waals surface area contributed by atoms with Crippen molar-refractivity contribution in [1.29, 1.82) is 0 Å². The van der Waals surface area contributed by atoms with Gasteiger partial charge in [-0.3, -0.25) is 14.1 Å². The quantitative estimate of drug-likeness (QED) is 0.333. The van der Waals surface area contributed by atoms with Crippen LogP contribution in [0.1, 0.15) is 0 Å². The van der Waals surface area contributed by atoms with Gasteiger partial charge in [0.15, 0.2) is 17.4 Å². The van der Waals surface area contributed by atoms with Crippen LogP contribution >= 0.6 is 0 Å². The van der Waals surface area contributed by atoms with E-state index < -0.39 is 15.8 Å². The molecule has 0 amide bonds. The van der Waals surface area contributed by atoms with E-state index in [1.54, 1.807) is 42.5 Å². The second kappa shape index (κ2) is 9.43. The van der Waals surface area contributed by atoms with E-state index in [0.717, 1.165) is 0 Å². The van der Waals surface area contributed by atoms with Crippen LogP contribution in [0, 0.1) is 5.82 Å². The number of sulfonamides is 1. The monoisotopic (exact) mass is 521 g/mol. The van der Waals surface area contributed by atoms with E-state index in [4.69, 9.17) is 9.47 Å². The topological polar surface area (TPSA) is 113 Å². The summed E-state index contributed by atoms with van der Waals surface area (Å²) in [5.74, 6) is 0.0556. The number of benzene rings is 3. The van der Waals surface area contributed by atoms with Crippen LogP contribution in [0.3, 0.4) is 0 Å². The number of nitrogens with zero attached hydrogens (tertiary/aromatic N) is 2. The van der Waals surface area contributed by atoms with Crippen LogP contribution < -0.4 is 19.8 Å². The summed E-state index contributed by atoms with van der Waals surface area (Å²) >= 11 is 0. The third kappa shape index (κ3) is 4.52. The number of methoxy groups -OCH3 is 2. The predicted molar refractivity (Wildman–Crippen MR) is 135 cm³/mol. The second-order valence-electron chi connectivity index (χ2n) is 7.95. The van der Waals surface area contributed by atoms with E-state index in [9.17, 15) is 17.6 Å². The highest BCUT2D eigenvalue weighted by atomic mass is 32.2. The minimum Gasteiger partial charge on any atom is -0.495 e. The smallest absolute Gasteiger partial charge is 0.263 e. The van der Waals surface area contributed by atoms with Crippen molar-refractivity contribution in [3.8, 4) is 28.3 Å². The molecule has 0 aliphatic rings. The molecule has 0 radical (unpaired) electrons. The Morgan fingerprint density at radius 2 is 1.65 bits per heavy atom. The summed E-state index contributed by atoms with van der Waals surface area (Å²) in [5.41, 5.74) is 1.89. The third-order valence-electron chi connectivity index (χ3n) is 5.76. The third-order valence-corrected chi connectivity index (χ3v) is 7.11. The molecule has 11 heteroatoms. The van der Waals surface area contributed by atoms with Crippen molar-refractivity contribution in [2.75, 3.05) is 18.9 Å². The van der Waals surface area contributed by atoms with Gasteiger partial charge in [0.25, 0.3) is 15.6 Å². The molecule has 0 spiro atoms. The first-order valence-corrected chi connectivity index (χ1v) is 12.4. The minimum absolute atomic E-state index is 0.0210. The number of anilines is 1. The Bertz CT molecular complexity index is 1780. The zero-order valence-electron chi connectivity index (χ0n) is 19.6. The number of pyridine rings is 1. The summed E-state index contributed by atoms with van der Waals surface area (Å²) in [6.07, 6.45) is 1.25.